The lowest BCUT2D eigenvalue weighted by Gasteiger charge is -2.40. The number of aryl methyl sites for hydroxylation is 1. The Labute approximate surface area is 159 Å². The number of hydrogen-bond acceptors (Lipinski definition) is 4. The molecule has 0 N–H and O–H groups in total. The third kappa shape index (κ3) is 3.24. The van der Waals surface area contributed by atoms with Crippen LogP contribution >= 0.6 is 0 Å². The molecule has 2 aliphatic rings. The van der Waals surface area contributed by atoms with Crippen LogP contribution < -0.4 is 10.5 Å². The van der Waals surface area contributed by atoms with Gasteiger partial charge in [-0.2, -0.15) is 5.10 Å². The Morgan fingerprint density at radius 1 is 1.19 bits per heavy atom. The van der Waals surface area contributed by atoms with Gasteiger partial charge in [-0.15, -0.1) is 0 Å². The van der Waals surface area contributed by atoms with Crippen molar-refractivity contribution in [2.45, 2.75) is 39.2 Å². The van der Waals surface area contributed by atoms with E-state index in [2.05, 4.69) is 25.0 Å². The van der Waals surface area contributed by atoms with Crippen LogP contribution in [0.3, 0.4) is 0 Å². The summed E-state index contributed by atoms with van der Waals surface area (Å²) in [4.78, 5) is 29.3. The van der Waals surface area contributed by atoms with Crippen molar-refractivity contribution in [3.8, 4) is 0 Å². The van der Waals surface area contributed by atoms with E-state index in [1.165, 1.54) is 10.7 Å². The molecule has 0 bridgehead atoms. The largest absolute Gasteiger partial charge is 0.340 e. The first-order valence-corrected chi connectivity index (χ1v) is 9.56. The molecule has 142 valence electrons. The van der Waals surface area contributed by atoms with Crippen LogP contribution in [0, 0.1) is 5.41 Å². The Balaban J connectivity index is 1.72. The maximum atomic E-state index is 13.5. The molecular formula is C21H26N4O2. The van der Waals surface area contributed by atoms with Crippen LogP contribution in [0.2, 0.25) is 0 Å². The molecule has 6 nitrogen and oxygen atoms in total. The number of rotatable bonds is 2. The Bertz CT molecular complexity index is 934. The molecule has 3 heterocycles. The molecule has 1 fully saturated rings. The van der Waals surface area contributed by atoms with E-state index in [1.807, 2.05) is 28.0 Å². The Morgan fingerprint density at radius 2 is 1.96 bits per heavy atom. The fraction of sp³-hybridized carbons (Fsp3) is 0.476. The van der Waals surface area contributed by atoms with Gasteiger partial charge in [-0.3, -0.25) is 9.59 Å². The van der Waals surface area contributed by atoms with Gasteiger partial charge in [0.2, 0.25) is 5.91 Å². The van der Waals surface area contributed by atoms with Gasteiger partial charge in [0.15, 0.2) is 5.82 Å². The van der Waals surface area contributed by atoms with E-state index in [-0.39, 0.29) is 22.9 Å². The molecule has 1 atom stereocenters. The van der Waals surface area contributed by atoms with E-state index < -0.39 is 0 Å². The zero-order valence-electron chi connectivity index (χ0n) is 16.2. The van der Waals surface area contributed by atoms with Crippen LogP contribution in [0.5, 0.6) is 0 Å². The average molecular weight is 366 g/mol. The number of aromatic nitrogens is 2. The number of likely N-dealkylation sites (tertiary alicyclic amines) is 1. The van der Waals surface area contributed by atoms with Crippen molar-refractivity contribution < 1.29 is 4.79 Å². The number of para-hydroxylation sites is 1. The predicted molar refractivity (Wildman–Crippen MR) is 105 cm³/mol. The smallest absolute Gasteiger partial charge is 0.266 e. The molecule has 2 aromatic rings. The van der Waals surface area contributed by atoms with Crippen LogP contribution in [0.1, 0.15) is 32.3 Å². The van der Waals surface area contributed by atoms with E-state index in [9.17, 15) is 9.59 Å². The molecule has 1 saturated heterocycles. The van der Waals surface area contributed by atoms with Crippen molar-refractivity contribution in [2.75, 3.05) is 18.0 Å². The highest BCUT2D eigenvalue weighted by molar-refractivity contribution is 5.91. The minimum Gasteiger partial charge on any atom is -0.340 e. The van der Waals surface area contributed by atoms with E-state index in [4.69, 9.17) is 0 Å². The molecule has 1 aromatic heterocycles. The highest BCUT2D eigenvalue weighted by atomic mass is 16.2. The average Bonchev–Trinajstić information content (AvgIpc) is 3.02. The van der Waals surface area contributed by atoms with Crippen LogP contribution in [-0.2, 0) is 18.3 Å². The summed E-state index contributed by atoms with van der Waals surface area (Å²) in [6.45, 7) is 6.04. The lowest BCUT2D eigenvalue weighted by atomic mass is 9.84. The van der Waals surface area contributed by atoms with Crippen LogP contribution in [0.4, 0.5) is 11.5 Å². The number of amides is 1. The van der Waals surface area contributed by atoms with E-state index in [0.29, 0.717) is 12.2 Å². The standard InChI is InChI=1S/C21H26N4O2/c1-21(2)11-6-12-24(14-21)20(27)17-13-15-7-4-5-8-16(15)25(17)18-9-10-19(26)23(3)22-18/h4-5,7-10,17H,6,11-14H2,1-3H3/t17-/m0/s1. The molecule has 4 rings (SSSR count). The van der Waals surface area contributed by atoms with Crippen LogP contribution in [-0.4, -0.2) is 39.7 Å². The summed E-state index contributed by atoms with van der Waals surface area (Å²) in [6, 6.07) is 11.0. The van der Waals surface area contributed by atoms with E-state index in [1.54, 1.807) is 13.1 Å². The fourth-order valence-electron chi connectivity index (χ4n) is 4.31. The zero-order chi connectivity index (χ0) is 19.2. The van der Waals surface area contributed by atoms with Gasteiger partial charge in [0, 0.05) is 38.3 Å². The first-order valence-electron chi connectivity index (χ1n) is 9.56. The van der Waals surface area contributed by atoms with E-state index >= 15 is 0 Å². The minimum atomic E-state index is -0.318. The van der Waals surface area contributed by atoms with Gasteiger partial charge < -0.3 is 9.80 Å². The third-order valence-corrected chi connectivity index (χ3v) is 5.67. The summed E-state index contributed by atoms with van der Waals surface area (Å²) < 4.78 is 1.32. The van der Waals surface area contributed by atoms with Crippen molar-refractivity contribution >= 4 is 17.4 Å². The van der Waals surface area contributed by atoms with E-state index in [0.717, 1.165) is 37.2 Å². The number of piperidine rings is 1. The van der Waals surface area contributed by atoms with Crippen molar-refractivity contribution in [2.24, 2.45) is 12.5 Å². The van der Waals surface area contributed by atoms with Crippen molar-refractivity contribution in [1.29, 1.82) is 0 Å². The number of anilines is 2. The van der Waals surface area contributed by atoms with Crippen molar-refractivity contribution in [3.63, 3.8) is 0 Å². The SMILES string of the molecule is Cn1nc(N2c3ccccc3C[C@H]2C(=O)N2CCCC(C)(C)C2)ccc1=O. The summed E-state index contributed by atoms with van der Waals surface area (Å²) in [6.07, 6.45) is 2.85. The number of carbonyl (C=O) groups excluding carboxylic acids is 1. The first-order chi connectivity index (χ1) is 12.9. The second kappa shape index (κ2) is 6.51. The van der Waals surface area contributed by atoms with Gasteiger partial charge in [-0.1, -0.05) is 32.0 Å². The van der Waals surface area contributed by atoms with Gasteiger partial charge in [-0.25, -0.2) is 4.68 Å². The van der Waals surface area contributed by atoms with Gasteiger partial charge >= 0.3 is 0 Å². The Kier molecular flexibility index (Phi) is 4.29. The Hall–Kier alpha value is -2.63. The normalized spacial score (nSPS) is 21.2. The molecule has 0 spiro atoms. The number of hydrogen-bond donors (Lipinski definition) is 0. The second-order valence-electron chi connectivity index (χ2n) is 8.40. The third-order valence-electron chi connectivity index (χ3n) is 5.67. The highest BCUT2D eigenvalue weighted by Gasteiger charge is 2.40. The molecule has 0 radical (unpaired) electrons. The molecular weight excluding hydrogens is 340 g/mol. The number of nitrogens with zero attached hydrogens (tertiary/aromatic N) is 4. The maximum absolute atomic E-state index is 13.5. The topological polar surface area (TPSA) is 58.4 Å². The molecule has 6 heteroatoms. The quantitative estimate of drug-likeness (QED) is 0.819. The molecule has 0 saturated carbocycles. The van der Waals surface area contributed by atoms with Crippen LogP contribution in [0.25, 0.3) is 0 Å². The summed E-state index contributed by atoms with van der Waals surface area (Å²) in [5.74, 6) is 0.784. The first kappa shape index (κ1) is 17.8. The lowest BCUT2D eigenvalue weighted by Crippen LogP contribution is -2.51. The molecule has 1 aromatic carbocycles. The lowest BCUT2D eigenvalue weighted by molar-refractivity contribution is -0.135. The Morgan fingerprint density at radius 3 is 2.70 bits per heavy atom. The minimum absolute atomic E-state index is 0.148. The summed E-state index contributed by atoms with van der Waals surface area (Å²) in [5.41, 5.74) is 2.13. The molecule has 0 aliphatic carbocycles. The summed E-state index contributed by atoms with van der Waals surface area (Å²) >= 11 is 0. The molecule has 1 amide bonds. The van der Waals surface area contributed by atoms with Gasteiger partial charge in [0.05, 0.1) is 0 Å². The molecule has 2 aliphatic heterocycles. The van der Waals surface area contributed by atoms with Crippen molar-refractivity contribution in [3.05, 3.63) is 52.3 Å². The highest BCUT2D eigenvalue weighted by Crippen LogP contribution is 2.38. The van der Waals surface area contributed by atoms with Gasteiger partial charge in [0.25, 0.3) is 5.56 Å². The second-order valence-corrected chi connectivity index (χ2v) is 8.40. The van der Waals surface area contributed by atoms with Crippen molar-refractivity contribution in [1.82, 2.24) is 14.7 Å². The zero-order valence-corrected chi connectivity index (χ0v) is 16.2. The fourth-order valence-corrected chi connectivity index (χ4v) is 4.31. The number of carbonyl (C=O) groups is 1. The predicted octanol–water partition coefficient (Wildman–Crippen LogP) is 2.49. The van der Waals surface area contributed by atoms with Crippen LogP contribution in [0.15, 0.2) is 41.2 Å². The monoisotopic (exact) mass is 366 g/mol. The molecule has 0 unspecified atom stereocenters. The van der Waals surface area contributed by atoms with Gasteiger partial charge in [0.1, 0.15) is 6.04 Å². The summed E-state index contributed by atoms with van der Waals surface area (Å²) in [5, 5.41) is 4.42. The number of fused-ring (bicyclic) bond motifs is 1. The molecule has 27 heavy (non-hydrogen) atoms. The summed E-state index contributed by atoms with van der Waals surface area (Å²) in [7, 11) is 1.64. The maximum Gasteiger partial charge on any atom is 0.266 e. The number of benzene rings is 1. The van der Waals surface area contributed by atoms with Gasteiger partial charge in [-0.05, 0) is 36.0 Å².